The Hall–Kier alpha value is -2.88. The van der Waals surface area contributed by atoms with Crippen LogP contribution >= 0.6 is 0 Å². The lowest BCUT2D eigenvalue weighted by Gasteiger charge is -2.30. The Morgan fingerprint density at radius 3 is 2.44 bits per heavy atom. The molecule has 1 aliphatic heterocycles. The molecule has 0 unspecified atom stereocenters. The first-order valence-electron chi connectivity index (χ1n) is 9.92. The minimum absolute atomic E-state index is 0.456. The van der Waals surface area contributed by atoms with E-state index in [4.69, 9.17) is 9.97 Å². The maximum absolute atomic E-state index is 4.99. The average Bonchev–Trinajstić information content (AvgIpc) is 3.39. The molecule has 0 amide bonds. The van der Waals surface area contributed by atoms with Gasteiger partial charge in [0.1, 0.15) is 17.5 Å². The first-order chi connectivity index (χ1) is 13.3. The number of fused-ring (bicyclic) bond motifs is 5. The number of rotatable bonds is 4. The van der Waals surface area contributed by atoms with Gasteiger partial charge in [0, 0.05) is 30.1 Å². The second-order valence-electron chi connectivity index (χ2n) is 7.96. The number of nitrogens with one attached hydrogen (secondary N) is 1. The monoisotopic (exact) mass is 354 g/mol. The molecule has 3 aromatic rings. The third-order valence-electron chi connectivity index (χ3n) is 6.11. The van der Waals surface area contributed by atoms with E-state index in [1.54, 1.807) is 0 Å². The number of hydrogen-bond acceptors (Lipinski definition) is 4. The van der Waals surface area contributed by atoms with Gasteiger partial charge in [-0.1, -0.05) is 42.5 Å². The van der Waals surface area contributed by atoms with Crippen molar-refractivity contribution in [3.63, 3.8) is 0 Å². The van der Waals surface area contributed by atoms with Gasteiger partial charge >= 0.3 is 0 Å². The minimum Gasteiger partial charge on any atom is -0.349 e. The van der Waals surface area contributed by atoms with Crippen LogP contribution in [0.15, 0.2) is 60.7 Å². The van der Waals surface area contributed by atoms with Crippen molar-refractivity contribution in [3.8, 4) is 0 Å². The van der Waals surface area contributed by atoms with Crippen LogP contribution in [0, 0.1) is 0 Å². The van der Waals surface area contributed by atoms with Crippen molar-refractivity contribution in [1.29, 1.82) is 0 Å². The molecule has 1 N–H and O–H groups in total. The van der Waals surface area contributed by atoms with Crippen LogP contribution in [0.5, 0.6) is 0 Å². The molecule has 2 heterocycles. The predicted molar refractivity (Wildman–Crippen MR) is 108 cm³/mol. The normalized spacial score (nSPS) is 22.7. The summed E-state index contributed by atoms with van der Waals surface area (Å²) in [4.78, 5) is 12.3. The molecule has 1 saturated carbocycles. The minimum atomic E-state index is 0.456. The van der Waals surface area contributed by atoms with Crippen molar-refractivity contribution >= 4 is 17.3 Å². The van der Waals surface area contributed by atoms with Crippen molar-refractivity contribution in [2.75, 3.05) is 16.8 Å². The van der Waals surface area contributed by atoms with Crippen molar-refractivity contribution < 1.29 is 0 Å². The quantitative estimate of drug-likeness (QED) is 0.704. The van der Waals surface area contributed by atoms with Crippen LogP contribution in [-0.4, -0.2) is 16.5 Å². The molecule has 0 radical (unpaired) electrons. The molecule has 134 valence electrons. The van der Waals surface area contributed by atoms with Crippen LogP contribution in [0.1, 0.15) is 54.1 Å². The second kappa shape index (κ2) is 5.81. The van der Waals surface area contributed by atoms with E-state index in [1.165, 1.54) is 30.4 Å². The number of nitrogens with zero attached hydrogens (tertiary/aromatic N) is 3. The van der Waals surface area contributed by atoms with Gasteiger partial charge in [-0.05, 0) is 42.5 Å². The summed E-state index contributed by atoms with van der Waals surface area (Å²) in [6.07, 6.45) is 3.63. The highest BCUT2D eigenvalue weighted by Crippen LogP contribution is 2.51. The molecule has 2 aliphatic carbocycles. The summed E-state index contributed by atoms with van der Waals surface area (Å²) in [6, 6.07) is 21.8. The van der Waals surface area contributed by atoms with Gasteiger partial charge in [-0.25, -0.2) is 9.97 Å². The molecule has 2 bridgehead atoms. The second-order valence-corrected chi connectivity index (χ2v) is 7.96. The van der Waals surface area contributed by atoms with Crippen LogP contribution in [0.2, 0.25) is 0 Å². The van der Waals surface area contributed by atoms with E-state index in [1.807, 2.05) is 18.2 Å². The summed E-state index contributed by atoms with van der Waals surface area (Å²) < 4.78 is 0. The third-order valence-corrected chi connectivity index (χ3v) is 6.11. The van der Waals surface area contributed by atoms with Crippen LogP contribution < -0.4 is 10.2 Å². The fraction of sp³-hybridized carbons (Fsp3) is 0.304. The average molecular weight is 354 g/mol. The number of aromatic nitrogens is 2. The highest BCUT2D eigenvalue weighted by Gasteiger charge is 2.43. The Labute approximate surface area is 159 Å². The lowest BCUT2D eigenvalue weighted by molar-refractivity contribution is 0.723. The molecule has 2 atom stereocenters. The predicted octanol–water partition coefficient (Wildman–Crippen LogP) is 5.15. The third kappa shape index (κ3) is 2.59. The van der Waals surface area contributed by atoms with E-state index in [9.17, 15) is 0 Å². The van der Waals surface area contributed by atoms with Crippen molar-refractivity contribution in [1.82, 2.24) is 9.97 Å². The molecular weight excluding hydrogens is 332 g/mol. The summed E-state index contributed by atoms with van der Waals surface area (Å²) in [7, 11) is 0. The molecule has 27 heavy (non-hydrogen) atoms. The molecule has 2 aromatic carbocycles. The zero-order valence-corrected chi connectivity index (χ0v) is 15.2. The van der Waals surface area contributed by atoms with Crippen molar-refractivity contribution in [2.45, 2.75) is 37.1 Å². The Morgan fingerprint density at radius 1 is 0.852 bits per heavy atom. The summed E-state index contributed by atoms with van der Waals surface area (Å²) in [6.45, 7) is 1.06. The summed E-state index contributed by atoms with van der Waals surface area (Å²) in [5.41, 5.74) is 4.09. The number of anilines is 3. The SMILES string of the molecule is c1ccc(Nc2cc(N3C[C@H]4C[C@H]3c3ccccc34)nc(C3CC3)n2)cc1. The first kappa shape index (κ1) is 15.2. The van der Waals surface area contributed by atoms with Crippen LogP contribution in [-0.2, 0) is 0 Å². The zero-order valence-electron chi connectivity index (χ0n) is 15.2. The van der Waals surface area contributed by atoms with Crippen molar-refractivity contribution in [3.05, 3.63) is 77.6 Å². The van der Waals surface area contributed by atoms with Gasteiger partial charge in [-0.2, -0.15) is 0 Å². The molecule has 1 aromatic heterocycles. The maximum atomic E-state index is 4.99. The summed E-state index contributed by atoms with van der Waals surface area (Å²) >= 11 is 0. The van der Waals surface area contributed by atoms with Gasteiger partial charge in [0.2, 0.25) is 0 Å². The smallest absolute Gasteiger partial charge is 0.136 e. The summed E-state index contributed by atoms with van der Waals surface area (Å²) in [5, 5.41) is 3.48. The van der Waals surface area contributed by atoms with Gasteiger partial charge in [0.15, 0.2) is 0 Å². The first-order valence-corrected chi connectivity index (χ1v) is 9.92. The van der Waals surface area contributed by atoms with Gasteiger partial charge in [0.05, 0.1) is 6.04 Å². The molecule has 3 aliphatic rings. The zero-order chi connectivity index (χ0) is 17.8. The molecule has 2 fully saturated rings. The summed E-state index contributed by atoms with van der Waals surface area (Å²) in [5.74, 6) is 4.16. The highest BCUT2D eigenvalue weighted by molar-refractivity contribution is 5.62. The standard InChI is InChI=1S/C23H22N4/c1-2-6-17(7-3-1)24-21-13-22(26-23(25-21)15-10-11-15)27-14-16-12-20(27)19-9-5-4-8-18(16)19/h1-9,13,15-16,20H,10-12,14H2,(H,24,25,26)/t16-,20+/m1/s1. The fourth-order valence-corrected chi connectivity index (χ4v) is 4.65. The van der Waals surface area contributed by atoms with E-state index in [-0.39, 0.29) is 0 Å². The lowest BCUT2D eigenvalue weighted by Crippen LogP contribution is -2.28. The molecule has 1 saturated heterocycles. The fourth-order valence-electron chi connectivity index (χ4n) is 4.65. The largest absolute Gasteiger partial charge is 0.349 e. The van der Waals surface area contributed by atoms with Gasteiger partial charge in [-0.3, -0.25) is 0 Å². The molecule has 0 spiro atoms. The van der Waals surface area contributed by atoms with E-state index in [0.29, 0.717) is 17.9 Å². The van der Waals surface area contributed by atoms with Crippen LogP contribution in [0.4, 0.5) is 17.3 Å². The van der Waals surface area contributed by atoms with E-state index in [0.717, 1.165) is 29.7 Å². The van der Waals surface area contributed by atoms with Gasteiger partial charge < -0.3 is 10.2 Å². The Kier molecular flexibility index (Phi) is 3.27. The molecular formula is C23H22N4. The molecule has 4 nitrogen and oxygen atoms in total. The molecule has 6 rings (SSSR count). The number of hydrogen-bond donors (Lipinski definition) is 1. The van der Waals surface area contributed by atoms with E-state index >= 15 is 0 Å². The van der Waals surface area contributed by atoms with Gasteiger partial charge in [0.25, 0.3) is 0 Å². The van der Waals surface area contributed by atoms with E-state index in [2.05, 4.69) is 52.7 Å². The Morgan fingerprint density at radius 2 is 1.63 bits per heavy atom. The molecule has 4 heteroatoms. The number of para-hydroxylation sites is 1. The Bertz CT molecular complexity index is 996. The lowest BCUT2D eigenvalue weighted by atomic mass is 9.99. The highest BCUT2D eigenvalue weighted by atomic mass is 15.3. The van der Waals surface area contributed by atoms with Crippen LogP contribution in [0.3, 0.4) is 0 Å². The maximum Gasteiger partial charge on any atom is 0.136 e. The topological polar surface area (TPSA) is 41.0 Å². The van der Waals surface area contributed by atoms with Gasteiger partial charge in [-0.15, -0.1) is 0 Å². The van der Waals surface area contributed by atoms with E-state index < -0.39 is 0 Å². The van der Waals surface area contributed by atoms with Crippen LogP contribution in [0.25, 0.3) is 0 Å². The Balaban J connectivity index is 1.37. The van der Waals surface area contributed by atoms with Crippen molar-refractivity contribution in [2.24, 2.45) is 0 Å². The number of benzene rings is 2.